The lowest BCUT2D eigenvalue weighted by Crippen LogP contribution is -2.50. The van der Waals surface area contributed by atoms with Crippen LogP contribution in [0.15, 0.2) is 24.3 Å². The molecular formula is C16H18N2O4S. The lowest BCUT2D eigenvalue weighted by atomic mass is 9.92. The van der Waals surface area contributed by atoms with Crippen LogP contribution in [0, 0.1) is 0 Å². The molecule has 7 heteroatoms. The van der Waals surface area contributed by atoms with Crippen molar-refractivity contribution in [1.82, 2.24) is 10.2 Å². The van der Waals surface area contributed by atoms with Gasteiger partial charge in [-0.3, -0.25) is 14.5 Å². The largest absolute Gasteiger partial charge is 0.453 e. The van der Waals surface area contributed by atoms with Crippen LogP contribution in [0.4, 0.5) is 4.79 Å². The molecule has 2 aliphatic heterocycles. The average molecular weight is 334 g/mol. The number of ether oxygens (including phenoxy) is 1. The number of nitrogens with zero attached hydrogens (tertiary/aromatic N) is 1. The van der Waals surface area contributed by atoms with Crippen molar-refractivity contribution in [2.75, 3.05) is 19.4 Å². The van der Waals surface area contributed by atoms with E-state index in [1.165, 1.54) is 23.8 Å². The van der Waals surface area contributed by atoms with Crippen molar-refractivity contribution >= 4 is 28.9 Å². The van der Waals surface area contributed by atoms with Gasteiger partial charge in [-0.1, -0.05) is 36.0 Å². The van der Waals surface area contributed by atoms with Crippen LogP contribution < -0.4 is 5.32 Å². The lowest BCUT2D eigenvalue weighted by molar-refractivity contribution is -0.129. The zero-order valence-electron chi connectivity index (χ0n) is 12.8. The van der Waals surface area contributed by atoms with Gasteiger partial charge < -0.3 is 10.1 Å². The summed E-state index contributed by atoms with van der Waals surface area (Å²) in [6.07, 6.45) is 0.765. The van der Waals surface area contributed by atoms with E-state index in [4.69, 9.17) is 4.74 Å². The standard InChI is InChI=1S/C16H18N2O4S/c1-22-16(21)18-8-6-10-4-2-3-5-11(10)13(18)14(19)17-12-7-9-23-15(12)20/h2-5,12-13H,6-9H2,1H3,(H,17,19)/t12-,13-/m0/s1. The van der Waals surface area contributed by atoms with E-state index < -0.39 is 18.2 Å². The van der Waals surface area contributed by atoms with E-state index in [-0.39, 0.29) is 11.0 Å². The first-order valence-electron chi connectivity index (χ1n) is 7.51. The average Bonchev–Trinajstić information content (AvgIpc) is 2.97. The highest BCUT2D eigenvalue weighted by molar-refractivity contribution is 8.14. The first-order chi connectivity index (χ1) is 11.1. The molecule has 0 saturated carbocycles. The van der Waals surface area contributed by atoms with Gasteiger partial charge in [-0.2, -0.15) is 0 Å². The SMILES string of the molecule is COC(=O)N1CCc2ccccc2[C@H]1C(=O)N[C@H]1CCSC1=O. The van der Waals surface area contributed by atoms with Crippen molar-refractivity contribution in [3.05, 3.63) is 35.4 Å². The number of hydrogen-bond acceptors (Lipinski definition) is 5. The molecule has 0 radical (unpaired) electrons. The third kappa shape index (κ3) is 3.06. The molecule has 0 aliphatic carbocycles. The number of fused-ring (bicyclic) bond motifs is 1. The molecule has 2 heterocycles. The third-order valence-corrected chi connectivity index (χ3v) is 5.20. The maximum Gasteiger partial charge on any atom is 0.410 e. The first kappa shape index (κ1) is 15.9. The van der Waals surface area contributed by atoms with E-state index >= 15 is 0 Å². The van der Waals surface area contributed by atoms with Crippen LogP contribution in [0.1, 0.15) is 23.6 Å². The van der Waals surface area contributed by atoms with Gasteiger partial charge in [0.15, 0.2) is 0 Å². The molecule has 1 saturated heterocycles. The van der Waals surface area contributed by atoms with Crippen LogP contribution in [0.5, 0.6) is 0 Å². The summed E-state index contributed by atoms with van der Waals surface area (Å²) >= 11 is 1.23. The van der Waals surface area contributed by atoms with E-state index in [1.807, 2.05) is 24.3 Å². The minimum Gasteiger partial charge on any atom is -0.453 e. The molecule has 122 valence electrons. The molecule has 0 aromatic heterocycles. The Hall–Kier alpha value is -2.02. The second-order valence-electron chi connectivity index (χ2n) is 5.53. The Balaban J connectivity index is 1.89. The van der Waals surface area contributed by atoms with Crippen LogP contribution in [0.25, 0.3) is 0 Å². The number of carbonyl (C=O) groups is 3. The number of nitrogens with one attached hydrogen (secondary N) is 1. The van der Waals surface area contributed by atoms with E-state index in [0.717, 1.165) is 11.1 Å². The van der Waals surface area contributed by atoms with Crippen LogP contribution in [-0.4, -0.2) is 47.5 Å². The highest BCUT2D eigenvalue weighted by atomic mass is 32.2. The summed E-state index contributed by atoms with van der Waals surface area (Å²) in [6, 6.07) is 6.34. The van der Waals surface area contributed by atoms with Crippen LogP contribution >= 0.6 is 11.8 Å². The quantitative estimate of drug-likeness (QED) is 0.887. The van der Waals surface area contributed by atoms with Crippen LogP contribution in [-0.2, 0) is 20.7 Å². The summed E-state index contributed by atoms with van der Waals surface area (Å²) in [5, 5.41) is 2.77. The minimum absolute atomic E-state index is 0.0212. The summed E-state index contributed by atoms with van der Waals surface area (Å²) in [4.78, 5) is 38.0. The van der Waals surface area contributed by atoms with E-state index in [1.54, 1.807) is 0 Å². The number of benzene rings is 1. The number of rotatable bonds is 2. The van der Waals surface area contributed by atoms with E-state index in [2.05, 4.69) is 5.32 Å². The minimum atomic E-state index is -0.759. The van der Waals surface area contributed by atoms with Crippen molar-refractivity contribution in [2.45, 2.75) is 24.9 Å². The molecule has 0 bridgehead atoms. The highest BCUT2D eigenvalue weighted by Gasteiger charge is 2.38. The van der Waals surface area contributed by atoms with Gasteiger partial charge in [-0.15, -0.1) is 0 Å². The molecular weight excluding hydrogens is 316 g/mol. The zero-order valence-corrected chi connectivity index (χ0v) is 13.6. The molecule has 1 N–H and O–H groups in total. The molecule has 1 aromatic rings. The monoisotopic (exact) mass is 334 g/mol. The number of hydrogen-bond donors (Lipinski definition) is 1. The molecule has 23 heavy (non-hydrogen) atoms. The van der Waals surface area contributed by atoms with Crippen molar-refractivity contribution in [3.8, 4) is 0 Å². The Morgan fingerprint density at radius 2 is 2.13 bits per heavy atom. The normalized spacial score (nSPS) is 23.3. The number of carbonyl (C=O) groups excluding carboxylic acids is 3. The van der Waals surface area contributed by atoms with Gasteiger partial charge in [0.25, 0.3) is 0 Å². The van der Waals surface area contributed by atoms with Gasteiger partial charge in [-0.25, -0.2) is 4.79 Å². The maximum atomic E-state index is 12.8. The Kier molecular flexibility index (Phi) is 4.56. The number of amides is 2. The summed E-state index contributed by atoms with van der Waals surface area (Å²) < 4.78 is 4.81. The molecule has 0 unspecified atom stereocenters. The van der Waals surface area contributed by atoms with E-state index in [9.17, 15) is 14.4 Å². The van der Waals surface area contributed by atoms with Gasteiger partial charge in [-0.05, 0) is 24.0 Å². The molecule has 1 fully saturated rings. The van der Waals surface area contributed by atoms with Gasteiger partial charge in [0.2, 0.25) is 11.0 Å². The fourth-order valence-corrected chi connectivity index (χ4v) is 3.97. The van der Waals surface area contributed by atoms with Gasteiger partial charge in [0.05, 0.1) is 13.2 Å². The molecule has 6 nitrogen and oxygen atoms in total. The van der Waals surface area contributed by atoms with Crippen molar-refractivity contribution in [1.29, 1.82) is 0 Å². The Morgan fingerprint density at radius 1 is 1.35 bits per heavy atom. The molecule has 2 amide bonds. The van der Waals surface area contributed by atoms with Crippen molar-refractivity contribution in [3.63, 3.8) is 0 Å². The number of methoxy groups -OCH3 is 1. The summed E-state index contributed by atoms with van der Waals surface area (Å²) in [6.45, 7) is 0.412. The maximum absolute atomic E-state index is 12.8. The molecule has 2 atom stereocenters. The fourth-order valence-electron chi connectivity index (χ4n) is 3.04. The third-order valence-electron chi connectivity index (χ3n) is 4.19. The predicted octanol–water partition coefficient (Wildman–Crippen LogP) is 1.50. The summed E-state index contributed by atoms with van der Waals surface area (Å²) in [5.41, 5.74) is 1.83. The second kappa shape index (κ2) is 6.62. The van der Waals surface area contributed by atoms with Crippen LogP contribution in [0.2, 0.25) is 0 Å². The van der Waals surface area contributed by atoms with Gasteiger partial charge >= 0.3 is 6.09 Å². The number of thioether (sulfide) groups is 1. The highest BCUT2D eigenvalue weighted by Crippen LogP contribution is 2.31. The van der Waals surface area contributed by atoms with Crippen molar-refractivity contribution in [2.24, 2.45) is 0 Å². The van der Waals surface area contributed by atoms with Crippen LogP contribution in [0.3, 0.4) is 0 Å². The van der Waals surface area contributed by atoms with Crippen molar-refractivity contribution < 1.29 is 19.1 Å². The molecule has 3 rings (SSSR count). The first-order valence-corrected chi connectivity index (χ1v) is 8.50. The molecule has 1 aromatic carbocycles. The fraction of sp³-hybridized carbons (Fsp3) is 0.438. The molecule has 0 spiro atoms. The van der Waals surface area contributed by atoms with E-state index in [0.29, 0.717) is 25.1 Å². The summed E-state index contributed by atoms with van der Waals surface area (Å²) in [7, 11) is 1.30. The molecule has 2 aliphatic rings. The predicted molar refractivity (Wildman–Crippen MR) is 86.0 cm³/mol. The smallest absolute Gasteiger partial charge is 0.410 e. The van der Waals surface area contributed by atoms with Gasteiger partial charge in [0, 0.05) is 12.3 Å². The topological polar surface area (TPSA) is 75.7 Å². The summed E-state index contributed by atoms with van der Waals surface area (Å²) in [5.74, 6) is 0.384. The second-order valence-corrected chi connectivity index (χ2v) is 6.63. The Morgan fingerprint density at radius 3 is 2.83 bits per heavy atom. The van der Waals surface area contributed by atoms with Gasteiger partial charge in [0.1, 0.15) is 6.04 Å². The Labute approximate surface area is 138 Å². The zero-order chi connectivity index (χ0) is 16.4. The Bertz CT molecular complexity index is 649. The lowest BCUT2D eigenvalue weighted by Gasteiger charge is -2.35.